The van der Waals surface area contributed by atoms with Gasteiger partial charge in [0.15, 0.2) is 11.5 Å². The number of aryl methyl sites for hydroxylation is 2. The van der Waals surface area contributed by atoms with Crippen LogP contribution in [0, 0.1) is 19.8 Å². The van der Waals surface area contributed by atoms with Crippen molar-refractivity contribution < 1.29 is 14.3 Å². The summed E-state index contributed by atoms with van der Waals surface area (Å²) >= 11 is 0. The second-order valence-corrected chi connectivity index (χ2v) is 8.34. The highest BCUT2D eigenvalue weighted by atomic mass is 16.6. The van der Waals surface area contributed by atoms with E-state index in [1.807, 2.05) is 12.1 Å². The van der Waals surface area contributed by atoms with E-state index in [0.717, 1.165) is 38.2 Å². The van der Waals surface area contributed by atoms with Crippen molar-refractivity contribution in [3.8, 4) is 11.5 Å². The highest BCUT2D eigenvalue weighted by molar-refractivity contribution is 5.89. The molecule has 0 aliphatic carbocycles. The quantitative estimate of drug-likeness (QED) is 0.780. The molecule has 0 aromatic heterocycles. The molecule has 2 N–H and O–H groups in total. The number of nitrogens with zero attached hydrogens (tertiary/aromatic N) is 1. The molecular formula is C24H31N3O3. The molecule has 2 amide bonds. The van der Waals surface area contributed by atoms with E-state index in [1.165, 1.54) is 16.7 Å². The lowest BCUT2D eigenvalue weighted by Gasteiger charge is -2.32. The maximum atomic E-state index is 12.3. The van der Waals surface area contributed by atoms with E-state index in [0.29, 0.717) is 37.1 Å². The van der Waals surface area contributed by atoms with Crippen LogP contribution in [0.4, 0.5) is 10.5 Å². The highest BCUT2D eigenvalue weighted by Crippen LogP contribution is 2.32. The molecule has 1 saturated heterocycles. The molecule has 2 aromatic carbocycles. The van der Waals surface area contributed by atoms with E-state index in [-0.39, 0.29) is 6.03 Å². The van der Waals surface area contributed by atoms with Gasteiger partial charge in [-0.1, -0.05) is 23.8 Å². The van der Waals surface area contributed by atoms with Gasteiger partial charge in [-0.3, -0.25) is 4.90 Å². The van der Waals surface area contributed by atoms with Crippen LogP contribution in [0.1, 0.15) is 29.5 Å². The number of urea groups is 1. The van der Waals surface area contributed by atoms with Crippen LogP contribution in [-0.4, -0.2) is 43.8 Å². The molecule has 6 heteroatoms. The van der Waals surface area contributed by atoms with Crippen LogP contribution in [0.5, 0.6) is 11.5 Å². The number of fused-ring (bicyclic) bond motifs is 1. The van der Waals surface area contributed by atoms with E-state index in [2.05, 4.69) is 47.6 Å². The Kier molecular flexibility index (Phi) is 6.43. The minimum atomic E-state index is -0.176. The largest absolute Gasteiger partial charge is 0.486 e. The molecule has 160 valence electrons. The third-order valence-electron chi connectivity index (χ3n) is 5.96. The van der Waals surface area contributed by atoms with Crippen molar-refractivity contribution in [2.45, 2.75) is 33.2 Å². The van der Waals surface area contributed by atoms with Gasteiger partial charge in [0.1, 0.15) is 13.2 Å². The number of piperidine rings is 1. The number of rotatable bonds is 5. The van der Waals surface area contributed by atoms with Crippen LogP contribution < -0.4 is 20.1 Å². The number of anilines is 1. The number of nitrogens with one attached hydrogen (secondary N) is 2. The maximum absolute atomic E-state index is 12.3. The Balaban J connectivity index is 1.20. The van der Waals surface area contributed by atoms with Gasteiger partial charge in [0, 0.05) is 24.8 Å². The zero-order valence-electron chi connectivity index (χ0n) is 17.9. The topological polar surface area (TPSA) is 62.8 Å². The number of likely N-dealkylation sites (tertiary alicyclic amines) is 1. The molecule has 0 spiro atoms. The summed E-state index contributed by atoms with van der Waals surface area (Å²) in [6, 6.07) is 12.0. The lowest BCUT2D eigenvalue weighted by Crippen LogP contribution is -2.39. The van der Waals surface area contributed by atoms with Gasteiger partial charge >= 0.3 is 6.03 Å². The lowest BCUT2D eigenvalue weighted by atomic mass is 9.96. The minimum absolute atomic E-state index is 0.176. The van der Waals surface area contributed by atoms with Gasteiger partial charge < -0.3 is 20.1 Å². The number of hydrogen-bond acceptors (Lipinski definition) is 4. The first kappa shape index (κ1) is 20.5. The molecule has 2 aromatic rings. The molecule has 30 heavy (non-hydrogen) atoms. The third-order valence-corrected chi connectivity index (χ3v) is 5.96. The number of carbonyl (C=O) groups excluding carboxylic acids is 1. The molecule has 6 nitrogen and oxygen atoms in total. The molecule has 0 atom stereocenters. The molecule has 4 rings (SSSR count). The molecule has 1 fully saturated rings. The monoisotopic (exact) mass is 409 g/mol. The lowest BCUT2D eigenvalue weighted by molar-refractivity contribution is 0.171. The third kappa shape index (κ3) is 5.25. The Bertz CT molecular complexity index is 891. The molecular weight excluding hydrogens is 378 g/mol. The van der Waals surface area contributed by atoms with Crippen LogP contribution in [0.3, 0.4) is 0 Å². The van der Waals surface area contributed by atoms with Crippen molar-refractivity contribution in [2.24, 2.45) is 5.92 Å². The number of hydrogen-bond donors (Lipinski definition) is 2. The van der Waals surface area contributed by atoms with Gasteiger partial charge in [-0.2, -0.15) is 0 Å². The molecule has 2 aliphatic heterocycles. The molecule has 0 unspecified atom stereocenters. The second kappa shape index (κ2) is 9.39. The Morgan fingerprint density at radius 3 is 2.60 bits per heavy atom. The van der Waals surface area contributed by atoms with Gasteiger partial charge in [-0.15, -0.1) is 0 Å². The zero-order valence-corrected chi connectivity index (χ0v) is 17.9. The predicted molar refractivity (Wildman–Crippen MR) is 118 cm³/mol. The SMILES string of the molecule is Cc1ccc(C)c(CN2CCC(CNC(=O)Nc3ccc4c(c3)OCCO4)CC2)c1. The summed E-state index contributed by atoms with van der Waals surface area (Å²) in [6.45, 7) is 9.29. The molecule has 0 radical (unpaired) electrons. The Labute approximate surface area is 178 Å². The summed E-state index contributed by atoms with van der Waals surface area (Å²) < 4.78 is 11.1. The van der Waals surface area contributed by atoms with Crippen LogP contribution in [0.2, 0.25) is 0 Å². The first-order valence-electron chi connectivity index (χ1n) is 10.8. The zero-order chi connectivity index (χ0) is 20.9. The fourth-order valence-electron chi connectivity index (χ4n) is 4.09. The second-order valence-electron chi connectivity index (χ2n) is 8.34. The average Bonchev–Trinajstić information content (AvgIpc) is 2.76. The van der Waals surface area contributed by atoms with Gasteiger partial charge in [0.25, 0.3) is 0 Å². The van der Waals surface area contributed by atoms with Crippen molar-refractivity contribution in [1.29, 1.82) is 0 Å². The Hall–Kier alpha value is -2.73. The normalized spacial score (nSPS) is 16.9. The van der Waals surface area contributed by atoms with E-state index < -0.39 is 0 Å². The summed E-state index contributed by atoms with van der Waals surface area (Å²) in [4.78, 5) is 14.8. The van der Waals surface area contributed by atoms with Gasteiger partial charge in [-0.05, 0) is 69.0 Å². The van der Waals surface area contributed by atoms with Crippen molar-refractivity contribution in [1.82, 2.24) is 10.2 Å². The van der Waals surface area contributed by atoms with Crippen LogP contribution in [0.25, 0.3) is 0 Å². The van der Waals surface area contributed by atoms with E-state index in [1.54, 1.807) is 6.07 Å². The van der Waals surface area contributed by atoms with Crippen LogP contribution in [-0.2, 0) is 6.54 Å². The van der Waals surface area contributed by atoms with E-state index in [9.17, 15) is 4.79 Å². The number of benzene rings is 2. The van der Waals surface area contributed by atoms with Gasteiger partial charge in [-0.25, -0.2) is 4.79 Å². The number of amides is 2. The van der Waals surface area contributed by atoms with Crippen molar-refractivity contribution in [3.05, 3.63) is 53.1 Å². The van der Waals surface area contributed by atoms with E-state index in [4.69, 9.17) is 9.47 Å². The summed E-state index contributed by atoms with van der Waals surface area (Å²) in [6.07, 6.45) is 2.21. The Morgan fingerprint density at radius 2 is 1.80 bits per heavy atom. The molecule has 0 bridgehead atoms. The first-order chi connectivity index (χ1) is 14.6. The average molecular weight is 410 g/mol. The maximum Gasteiger partial charge on any atom is 0.319 e. The highest BCUT2D eigenvalue weighted by Gasteiger charge is 2.20. The number of carbonyl (C=O) groups is 1. The fraction of sp³-hybridized carbons (Fsp3) is 0.458. The first-order valence-corrected chi connectivity index (χ1v) is 10.8. The van der Waals surface area contributed by atoms with E-state index >= 15 is 0 Å². The van der Waals surface area contributed by atoms with Crippen LogP contribution in [0.15, 0.2) is 36.4 Å². The smallest absolute Gasteiger partial charge is 0.319 e. The molecule has 2 aliphatic rings. The minimum Gasteiger partial charge on any atom is -0.486 e. The van der Waals surface area contributed by atoms with Crippen molar-refractivity contribution in [3.63, 3.8) is 0 Å². The summed E-state index contributed by atoms with van der Waals surface area (Å²) in [7, 11) is 0. The van der Waals surface area contributed by atoms with Crippen molar-refractivity contribution >= 4 is 11.7 Å². The van der Waals surface area contributed by atoms with Gasteiger partial charge in [0.05, 0.1) is 0 Å². The number of ether oxygens (including phenoxy) is 2. The van der Waals surface area contributed by atoms with Gasteiger partial charge in [0.2, 0.25) is 0 Å². The predicted octanol–water partition coefficient (Wildman–Crippen LogP) is 4.11. The Morgan fingerprint density at radius 1 is 1.03 bits per heavy atom. The summed E-state index contributed by atoms with van der Waals surface area (Å²) in [5.74, 6) is 1.92. The fourth-order valence-corrected chi connectivity index (χ4v) is 4.09. The standard InChI is InChI=1S/C24H31N3O3/c1-17-3-4-18(2)20(13-17)16-27-9-7-19(8-10-27)15-25-24(28)26-21-5-6-22-23(14-21)30-12-11-29-22/h3-6,13-14,19H,7-12,15-16H2,1-2H3,(H2,25,26,28). The molecule has 0 saturated carbocycles. The summed E-state index contributed by atoms with van der Waals surface area (Å²) in [5, 5.41) is 5.91. The molecule has 2 heterocycles. The van der Waals surface area contributed by atoms with Crippen LogP contribution >= 0.6 is 0 Å². The summed E-state index contributed by atoms with van der Waals surface area (Å²) in [5.41, 5.74) is 4.81. The van der Waals surface area contributed by atoms with Crippen molar-refractivity contribution in [2.75, 3.05) is 38.2 Å².